The molecule has 2 heterocycles. The van der Waals surface area contributed by atoms with Crippen molar-refractivity contribution >= 4 is 22.6 Å². The normalized spacial score (nSPS) is 12.0. The molecule has 4 aromatic rings. The van der Waals surface area contributed by atoms with Crippen LogP contribution in [-0.4, -0.2) is 16.1 Å². The largest absolute Gasteiger partial charge is 0.477 e. The van der Waals surface area contributed by atoms with Crippen LogP contribution < -0.4 is 16.3 Å². The third-order valence-corrected chi connectivity index (χ3v) is 5.65. The third kappa shape index (κ3) is 4.05. The fourth-order valence-corrected chi connectivity index (χ4v) is 4.08. The maximum atomic E-state index is 13.2. The van der Waals surface area contributed by atoms with Crippen molar-refractivity contribution in [1.29, 1.82) is 0 Å². The molecule has 0 saturated carbocycles. The molecule has 33 heavy (non-hydrogen) atoms. The zero-order valence-corrected chi connectivity index (χ0v) is 18.8. The number of aryl methyl sites for hydroxylation is 2. The fourth-order valence-electron chi connectivity index (χ4n) is 4.08. The van der Waals surface area contributed by atoms with Crippen molar-refractivity contribution in [1.82, 2.24) is 4.98 Å². The summed E-state index contributed by atoms with van der Waals surface area (Å²) in [7, 11) is 0. The lowest BCUT2D eigenvalue weighted by atomic mass is 9.98. The van der Waals surface area contributed by atoms with Crippen LogP contribution in [0.4, 0.5) is 5.69 Å². The van der Waals surface area contributed by atoms with Crippen LogP contribution in [0, 0.1) is 20.8 Å². The number of nitrogens with one attached hydrogen (secondary N) is 2. The number of aromatic nitrogens is 1. The molecule has 3 N–H and O–H groups in total. The molecule has 0 spiro atoms. The molecule has 0 aliphatic carbocycles. The van der Waals surface area contributed by atoms with Crippen LogP contribution in [-0.2, 0) is 0 Å². The summed E-state index contributed by atoms with van der Waals surface area (Å²) >= 11 is 0. The highest BCUT2D eigenvalue weighted by molar-refractivity contribution is 5.94. The van der Waals surface area contributed by atoms with Crippen LogP contribution in [0.2, 0.25) is 0 Å². The van der Waals surface area contributed by atoms with Gasteiger partial charge in [-0.25, -0.2) is 4.79 Å². The van der Waals surface area contributed by atoms with Crippen molar-refractivity contribution in [3.05, 3.63) is 97.1 Å². The number of anilines is 1. The molecule has 0 fully saturated rings. The number of rotatable bonds is 5. The minimum absolute atomic E-state index is 0.120. The van der Waals surface area contributed by atoms with Crippen LogP contribution in [0.5, 0.6) is 0 Å². The van der Waals surface area contributed by atoms with Gasteiger partial charge in [-0.3, -0.25) is 9.59 Å². The average Bonchev–Trinajstić information content (AvgIpc) is 2.75. The number of H-pyrrole nitrogens is 1. The summed E-state index contributed by atoms with van der Waals surface area (Å²) in [5, 5.41) is 13.1. The Kier molecular flexibility index (Phi) is 5.64. The summed E-state index contributed by atoms with van der Waals surface area (Å²) < 4.78 is 6.31. The molecule has 0 bridgehead atoms. The standard InChI is InChI=1S/C26H24N2O5/c1-13-10-18(16(4)28-20-12-14(2)27-25(30)21(20)26(31)32)24-19(11-13)22(29)15(3)23(33-24)17-8-6-5-7-9-17/h5-12,16H,1-4H3,(H,31,32)(H2,27,28,30)/t16-/m1/s1. The molecule has 7 nitrogen and oxygen atoms in total. The SMILES string of the molecule is Cc1cc([C@@H](C)Nc2cc(C)[nH]c(=O)c2C(=O)O)c2oc(-c3ccccc3)c(C)c(=O)c2c1. The van der Waals surface area contributed by atoms with E-state index in [9.17, 15) is 19.5 Å². The van der Waals surface area contributed by atoms with Gasteiger partial charge in [0.1, 0.15) is 16.9 Å². The number of hydrogen-bond acceptors (Lipinski definition) is 5. The maximum Gasteiger partial charge on any atom is 0.343 e. The van der Waals surface area contributed by atoms with Crippen LogP contribution in [0.25, 0.3) is 22.3 Å². The maximum absolute atomic E-state index is 13.2. The van der Waals surface area contributed by atoms with Gasteiger partial charge in [0.05, 0.1) is 17.1 Å². The van der Waals surface area contributed by atoms with E-state index in [0.29, 0.717) is 33.6 Å². The molecular formula is C26H24N2O5. The van der Waals surface area contributed by atoms with Gasteiger partial charge in [-0.2, -0.15) is 0 Å². The summed E-state index contributed by atoms with van der Waals surface area (Å²) in [4.78, 5) is 39.7. The molecule has 0 unspecified atom stereocenters. The molecule has 7 heteroatoms. The van der Waals surface area contributed by atoms with E-state index in [1.165, 1.54) is 0 Å². The first kappa shape index (κ1) is 22.1. The topological polar surface area (TPSA) is 112 Å². The van der Waals surface area contributed by atoms with E-state index < -0.39 is 17.6 Å². The van der Waals surface area contributed by atoms with Crippen molar-refractivity contribution in [2.45, 2.75) is 33.7 Å². The Morgan fingerprint density at radius 3 is 2.42 bits per heavy atom. The summed E-state index contributed by atoms with van der Waals surface area (Å²) in [5.41, 5.74) is 2.85. The van der Waals surface area contributed by atoms with Crippen LogP contribution in [0.1, 0.15) is 45.7 Å². The molecule has 0 radical (unpaired) electrons. The van der Waals surface area contributed by atoms with Crippen LogP contribution in [0.15, 0.2) is 62.5 Å². The molecule has 4 rings (SSSR count). The highest BCUT2D eigenvalue weighted by atomic mass is 16.4. The number of benzene rings is 2. The minimum Gasteiger partial charge on any atom is -0.477 e. The molecule has 168 valence electrons. The van der Waals surface area contributed by atoms with Gasteiger partial charge in [-0.1, -0.05) is 36.4 Å². The van der Waals surface area contributed by atoms with E-state index in [4.69, 9.17) is 4.42 Å². The summed E-state index contributed by atoms with van der Waals surface area (Å²) in [5.74, 6) is -0.836. The third-order valence-electron chi connectivity index (χ3n) is 5.65. The van der Waals surface area contributed by atoms with Gasteiger partial charge < -0.3 is 19.8 Å². The molecule has 0 aliphatic heterocycles. The zero-order chi connectivity index (χ0) is 23.9. The van der Waals surface area contributed by atoms with Gasteiger partial charge in [0.2, 0.25) is 0 Å². The van der Waals surface area contributed by atoms with Crippen molar-refractivity contribution in [2.75, 3.05) is 5.32 Å². The van der Waals surface area contributed by atoms with Gasteiger partial charge in [0.25, 0.3) is 5.56 Å². The molecule has 2 aromatic carbocycles. The molecule has 1 atom stereocenters. The monoisotopic (exact) mass is 444 g/mol. The zero-order valence-electron chi connectivity index (χ0n) is 18.8. The van der Waals surface area contributed by atoms with Gasteiger partial charge >= 0.3 is 5.97 Å². The van der Waals surface area contributed by atoms with E-state index >= 15 is 0 Å². The van der Waals surface area contributed by atoms with E-state index in [0.717, 1.165) is 11.1 Å². The second-order valence-corrected chi connectivity index (χ2v) is 8.22. The van der Waals surface area contributed by atoms with Crippen molar-refractivity contribution in [3.8, 4) is 11.3 Å². The number of carboxylic acids is 1. The molecule has 2 aromatic heterocycles. The highest BCUT2D eigenvalue weighted by Gasteiger charge is 2.22. The smallest absolute Gasteiger partial charge is 0.343 e. The molecule has 0 saturated heterocycles. The first-order valence-corrected chi connectivity index (χ1v) is 10.5. The lowest BCUT2D eigenvalue weighted by molar-refractivity contribution is 0.0696. The Bertz CT molecular complexity index is 1500. The highest BCUT2D eigenvalue weighted by Crippen LogP contribution is 2.32. The quantitative estimate of drug-likeness (QED) is 0.402. The van der Waals surface area contributed by atoms with Crippen LogP contribution in [0.3, 0.4) is 0 Å². The Labute approximate surface area is 189 Å². The second-order valence-electron chi connectivity index (χ2n) is 8.22. The lowest BCUT2D eigenvalue weighted by Gasteiger charge is -2.20. The summed E-state index contributed by atoms with van der Waals surface area (Å²) in [6, 6.07) is 14.2. The number of hydrogen-bond donors (Lipinski definition) is 3. The van der Waals surface area contributed by atoms with Gasteiger partial charge in [-0.15, -0.1) is 0 Å². The van der Waals surface area contributed by atoms with Gasteiger partial charge in [0.15, 0.2) is 5.43 Å². The van der Waals surface area contributed by atoms with E-state index in [-0.39, 0.29) is 16.7 Å². The number of carboxylic acid groups (broad SMARTS) is 1. The number of carbonyl (C=O) groups is 1. The average molecular weight is 444 g/mol. The number of pyridine rings is 1. The Balaban J connectivity index is 1.91. The Hall–Kier alpha value is -4.13. The number of fused-ring (bicyclic) bond motifs is 1. The van der Waals surface area contributed by atoms with Crippen molar-refractivity contribution < 1.29 is 14.3 Å². The lowest BCUT2D eigenvalue weighted by Crippen LogP contribution is -2.22. The molecule has 0 amide bonds. The Morgan fingerprint density at radius 2 is 1.76 bits per heavy atom. The van der Waals surface area contributed by atoms with Crippen molar-refractivity contribution in [2.24, 2.45) is 0 Å². The van der Waals surface area contributed by atoms with Gasteiger partial charge in [-0.05, 0) is 45.4 Å². The number of aromatic amines is 1. The van der Waals surface area contributed by atoms with E-state index in [1.54, 1.807) is 26.0 Å². The number of aromatic carboxylic acids is 1. The van der Waals surface area contributed by atoms with Crippen molar-refractivity contribution in [3.63, 3.8) is 0 Å². The summed E-state index contributed by atoms with van der Waals surface area (Å²) in [6.45, 7) is 7.14. The first-order valence-electron chi connectivity index (χ1n) is 10.5. The second kappa shape index (κ2) is 8.43. The van der Waals surface area contributed by atoms with Crippen LogP contribution >= 0.6 is 0 Å². The minimum atomic E-state index is -1.33. The Morgan fingerprint density at radius 1 is 1.06 bits per heavy atom. The van der Waals surface area contributed by atoms with E-state index in [2.05, 4.69) is 10.3 Å². The van der Waals surface area contributed by atoms with E-state index in [1.807, 2.05) is 50.2 Å². The van der Waals surface area contributed by atoms with Gasteiger partial charge in [0, 0.05) is 22.4 Å². The fraction of sp³-hybridized carbons (Fsp3) is 0.192. The first-order chi connectivity index (χ1) is 15.7. The predicted octanol–water partition coefficient (Wildman–Crippen LogP) is 4.94. The summed E-state index contributed by atoms with van der Waals surface area (Å²) in [6.07, 6.45) is 0. The molecule has 0 aliphatic rings. The predicted molar refractivity (Wildman–Crippen MR) is 128 cm³/mol. The molecular weight excluding hydrogens is 420 g/mol.